The molecular formula is C22H20F3N3O2S. The first-order valence-corrected chi connectivity index (χ1v) is 10.5. The molecule has 0 unspecified atom stereocenters. The van der Waals surface area contributed by atoms with Crippen LogP contribution in [0.5, 0.6) is 0 Å². The standard InChI is InChI=1S/C22H20F3N3O2S/c23-22(24,25)17-3-1-2-15(12-17)13-27-21(29)19-6-5-18(31-19)16-4-7-20(26-14-16)28-8-10-30-11-9-28/h1-7,12,14H,8-11,13H2,(H,27,29). The number of anilines is 1. The summed E-state index contributed by atoms with van der Waals surface area (Å²) in [7, 11) is 0. The maximum atomic E-state index is 12.8. The second kappa shape index (κ2) is 9.07. The van der Waals surface area contributed by atoms with Gasteiger partial charge in [0.25, 0.3) is 5.91 Å². The summed E-state index contributed by atoms with van der Waals surface area (Å²) in [4.78, 5) is 20.5. The minimum atomic E-state index is -4.41. The number of benzene rings is 1. The van der Waals surface area contributed by atoms with E-state index in [-0.39, 0.29) is 12.5 Å². The van der Waals surface area contributed by atoms with Crippen molar-refractivity contribution < 1.29 is 22.7 Å². The summed E-state index contributed by atoms with van der Waals surface area (Å²) >= 11 is 1.31. The zero-order valence-electron chi connectivity index (χ0n) is 16.5. The Morgan fingerprint density at radius 1 is 1.13 bits per heavy atom. The molecule has 1 aromatic carbocycles. The van der Waals surface area contributed by atoms with Gasteiger partial charge in [0, 0.05) is 36.3 Å². The van der Waals surface area contributed by atoms with Crippen LogP contribution in [0.1, 0.15) is 20.8 Å². The predicted molar refractivity (Wildman–Crippen MR) is 113 cm³/mol. The van der Waals surface area contributed by atoms with Crippen molar-refractivity contribution in [3.05, 3.63) is 70.7 Å². The maximum absolute atomic E-state index is 12.8. The molecule has 9 heteroatoms. The maximum Gasteiger partial charge on any atom is 0.416 e. The molecule has 1 amide bonds. The highest BCUT2D eigenvalue weighted by Crippen LogP contribution is 2.30. The van der Waals surface area contributed by atoms with E-state index in [0.29, 0.717) is 23.7 Å². The number of amides is 1. The van der Waals surface area contributed by atoms with Crippen LogP contribution in [0.25, 0.3) is 10.4 Å². The van der Waals surface area contributed by atoms with Crippen molar-refractivity contribution in [2.75, 3.05) is 31.2 Å². The highest BCUT2D eigenvalue weighted by molar-refractivity contribution is 7.17. The molecule has 1 saturated heterocycles. The first kappa shape index (κ1) is 21.3. The highest BCUT2D eigenvalue weighted by Gasteiger charge is 2.30. The molecule has 5 nitrogen and oxygen atoms in total. The Balaban J connectivity index is 1.38. The molecule has 31 heavy (non-hydrogen) atoms. The van der Waals surface area contributed by atoms with E-state index in [2.05, 4.69) is 15.2 Å². The highest BCUT2D eigenvalue weighted by atomic mass is 32.1. The predicted octanol–water partition coefficient (Wildman–Crippen LogP) is 4.60. The van der Waals surface area contributed by atoms with E-state index in [4.69, 9.17) is 4.74 Å². The number of nitrogens with one attached hydrogen (secondary N) is 1. The lowest BCUT2D eigenvalue weighted by Crippen LogP contribution is -2.36. The number of carbonyl (C=O) groups is 1. The summed E-state index contributed by atoms with van der Waals surface area (Å²) in [5, 5.41) is 2.68. The van der Waals surface area contributed by atoms with E-state index in [1.165, 1.54) is 17.4 Å². The van der Waals surface area contributed by atoms with Crippen LogP contribution in [0.4, 0.5) is 19.0 Å². The summed E-state index contributed by atoms with van der Waals surface area (Å²) in [5.74, 6) is 0.564. The fraction of sp³-hybridized carbons (Fsp3) is 0.273. The summed E-state index contributed by atoms with van der Waals surface area (Å²) in [6.45, 7) is 3.01. The topological polar surface area (TPSA) is 54.5 Å². The molecule has 1 aliphatic rings. The quantitative estimate of drug-likeness (QED) is 0.621. The number of pyridine rings is 1. The number of morpholine rings is 1. The van der Waals surface area contributed by atoms with Gasteiger partial charge in [0.15, 0.2) is 0 Å². The van der Waals surface area contributed by atoms with Crippen molar-refractivity contribution in [1.29, 1.82) is 0 Å². The van der Waals surface area contributed by atoms with E-state index in [1.54, 1.807) is 18.3 Å². The summed E-state index contributed by atoms with van der Waals surface area (Å²) < 4.78 is 43.8. The van der Waals surface area contributed by atoms with Crippen molar-refractivity contribution in [1.82, 2.24) is 10.3 Å². The third-order valence-electron chi connectivity index (χ3n) is 4.90. The molecule has 3 heterocycles. The first-order chi connectivity index (χ1) is 14.9. The number of hydrogen-bond acceptors (Lipinski definition) is 5. The number of alkyl halides is 3. The van der Waals surface area contributed by atoms with Crippen molar-refractivity contribution in [3.8, 4) is 10.4 Å². The summed E-state index contributed by atoms with van der Waals surface area (Å²) in [6, 6.07) is 12.4. The molecule has 0 bridgehead atoms. The molecule has 3 aromatic rings. The Labute approximate surface area is 181 Å². The van der Waals surface area contributed by atoms with Crippen molar-refractivity contribution in [2.45, 2.75) is 12.7 Å². The Hall–Kier alpha value is -2.91. The molecule has 1 fully saturated rings. The van der Waals surface area contributed by atoms with Crippen LogP contribution in [-0.2, 0) is 17.5 Å². The van der Waals surface area contributed by atoms with Gasteiger partial charge in [-0.05, 0) is 42.0 Å². The van der Waals surface area contributed by atoms with Crippen LogP contribution >= 0.6 is 11.3 Å². The number of hydrogen-bond donors (Lipinski definition) is 1. The monoisotopic (exact) mass is 447 g/mol. The lowest BCUT2D eigenvalue weighted by molar-refractivity contribution is -0.137. The molecule has 162 valence electrons. The van der Waals surface area contributed by atoms with E-state index in [9.17, 15) is 18.0 Å². The Morgan fingerprint density at radius 3 is 2.65 bits per heavy atom. The van der Waals surface area contributed by atoms with Crippen molar-refractivity contribution >= 4 is 23.1 Å². The molecule has 0 aliphatic carbocycles. The van der Waals surface area contributed by atoms with Crippen LogP contribution < -0.4 is 10.2 Å². The number of halogens is 3. The van der Waals surface area contributed by atoms with Gasteiger partial charge < -0.3 is 15.0 Å². The molecule has 1 N–H and O–H groups in total. The van der Waals surface area contributed by atoms with E-state index in [0.717, 1.165) is 41.5 Å². The number of carbonyl (C=O) groups excluding carboxylic acids is 1. The van der Waals surface area contributed by atoms with E-state index >= 15 is 0 Å². The smallest absolute Gasteiger partial charge is 0.378 e. The van der Waals surface area contributed by atoms with Crippen LogP contribution in [0.3, 0.4) is 0 Å². The average molecular weight is 447 g/mol. The van der Waals surface area contributed by atoms with E-state index in [1.807, 2.05) is 18.2 Å². The molecular weight excluding hydrogens is 427 g/mol. The number of rotatable bonds is 5. The molecule has 0 radical (unpaired) electrons. The third kappa shape index (κ3) is 5.23. The zero-order chi connectivity index (χ0) is 21.8. The minimum absolute atomic E-state index is 0.0196. The third-order valence-corrected chi connectivity index (χ3v) is 6.04. The lowest BCUT2D eigenvalue weighted by atomic mass is 10.1. The second-order valence-corrected chi connectivity index (χ2v) is 8.13. The van der Waals surface area contributed by atoms with Crippen molar-refractivity contribution in [3.63, 3.8) is 0 Å². The Kier molecular flexibility index (Phi) is 6.24. The number of thiophene rings is 1. The molecule has 4 rings (SSSR count). The molecule has 0 saturated carbocycles. The van der Waals surface area contributed by atoms with Gasteiger partial charge in [-0.2, -0.15) is 13.2 Å². The Morgan fingerprint density at radius 2 is 1.94 bits per heavy atom. The Bertz CT molecular complexity index is 1040. The number of nitrogens with zero attached hydrogens (tertiary/aromatic N) is 2. The van der Waals surface area contributed by atoms with Crippen LogP contribution in [0, 0.1) is 0 Å². The fourth-order valence-corrected chi connectivity index (χ4v) is 4.17. The minimum Gasteiger partial charge on any atom is -0.378 e. The zero-order valence-corrected chi connectivity index (χ0v) is 17.3. The van der Waals surface area contributed by atoms with Gasteiger partial charge in [0.05, 0.1) is 23.7 Å². The number of ether oxygens (including phenoxy) is 1. The van der Waals surface area contributed by atoms with Gasteiger partial charge >= 0.3 is 6.18 Å². The van der Waals surface area contributed by atoms with Crippen LogP contribution in [0.2, 0.25) is 0 Å². The average Bonchev–Trinajstić information content (AvgIpc) is 3.28. The van der Waals surface area contributed by atoms with Gasteiger partial charge in [0.1, 0.15) is 5.82 Å². The van der Waals surface area contributed by atoms with Gasteiger partial charge in [-0.25, -0.2) is 4.98 Å². The van der Waals surface area contributed by atoms with Crippen LogP contribution in [-0.4, -0.2) is 37.2 Å². The second-order valence-electron chi connectivity index (χ2n) is 7.05. The SMILES string of the molecule is O=C(NCc1cccc(C(F)(F)F)c1)c1ccc(-c2ccc(N3CCOCC3)nc2)s1. The first-order valence-electron chi connectivity index (χ1n) is 9.73. The molecule has 2 aromatic heterocycles. The van der Waals surface area contributed by atoms with Gasteiger partial charge in [0.2, 0.25) is 0 Å². The lowest BCUT2D eigenvalue weighted by Gasteiger charge is -2.27. The molecule has 0 atom stereocenters. The fourth-order valence-electron chi connectivity index (χ4n) is 3.25. The molecule has 0 spiro atoms. The van der Waals surface area contributed by atoms with Gasteiger partial charge in [-0.3, -0.25) is 4.79 Å². The summed E-state index contributed by atoms with van der Waals surface area (Å²) in [5.41, 5.74) is 0.562. The summed E-state index contributed by atoms with van der Waals surface area (Å²) in [6.07, 6.45) is -2.63. The number of aromatic nitrogens is 1. The van der Waals surface area contributed by atoms with Crippen LogP contribution in [0.15, 0.2) is 54.7 Å². The van der Waals surface area contributed by atoms with Gasteiger partial charge in [-0.15, -0.1) is 11.3 Å². The van der Waals surface area contributed by atoms with Gasteiger partial charge in [-0.1, -0.05) is 12.1 Å². The van der Waals surface area contributed by atoms with E-state index < -0.39 is 11.7 Å². The molecule has 1 aliphatic heterocycles. The van der Waals surface area contributed by atoms with Crippen molar-refractivity contribution in [2.24, 2.45) is 0 Å². The normalized spacial score (nSPS) is 14.5. The largest absolute Gasteiger partial charge is 0.416 e.